The average molecular weight is 541 g/mol. The first-order chi connectivity index (χ1) is 19.2. The van der Waals surface area contributed by atoms with Crippen LogP contribution in [0, 0.1) is 5.92 Å². The number of carbonyl (C=O) groups is 3. The van der Waals surface area contributed by atoms with Crippen LogP contribution in [0.3, 0.4) is 0 Å². The molecule has 3 amide bonds. The van der Waals surface area contributed by atoms with Gasteiger partial charge in [-0.1, -0.05) is 54.6 Å². The first kappa shape index (κ1) is 27.4. The predicted molar refractivity (Wildman–Crippen MR) is 155 cm³/mol. The molecule has 0 saturated heterocycles. The molecule has 40 heavy (non-hydrogen) atoms. The van der Waals surface area contributed by atoms with Crippen LogP contribution >= 0.6 is 0 Å². The summed E-state index contributed by atoms with van der Waals surface area (Å²) in [6, 6.07) is 20.1. The molecule has 2 fully saturated rings. The normalized spacial score (nSPS) is 19.4. The summed E-state index contributed by atoms with van der Waals surface area (Å²) in [6.07, 6.45) is 6.43. The van der Waals surface area contributed by atoms with Crippen LogP contribution in [0.4, 0.5) is 10.5 Å². The van der Waals surface area contributed by atoms with Crippen molar-refractivity contribution in [3.05, 3.63) is 72.4 Å². The van der Waals surface area contributed by atoms with Gasteiger partial charge in [-0.15, -0.1) is 0 Å². The molecular formula is C32H36N4O4. The van der Waals surface area contributed by atoms with Gasteiger partial charge in [0.15, 0.2) is 0 Å². The molecule has 8 nitrogen and oxygen atoms in total. The summed E-state index contributed by atoms with van der Waals surface area (Å²) in [6.45, 7) is 1.60. The lowest BCUT2D eigenvalue weighted by Crippen LogP contribution is -2.38. The van der Waals surface area contributed by atoms with E-state index < -0.39 is 11.6 Å². The zero-order valence-corrected chi connectivity index (χ0v) is 23.0. The van der Waals surface area contributed by atoms with E-state index in [4.69, 9.17) is 4.98 Å². The maximum absolute atomic E-state index is 13.0. The fourth-order valence-corrected chi connectivity index (χ4v) is 5.83. The fourth-order valence-electron chi connectivity index (χ4n) is 5.83. The Bertz CT molecular complexity index is 1380. The highest BCUT2D eigenvalue weighted by molar-refractivity contribution is 5.93. The summed E-state index contributed by atoms with van der Waals surface area (Å²) in [5.41, 5.74) is 4.71. The molecule has 8 heteroatoms. The van der Waals surface area contributed by atoms with Gasteiger partial charge in [0.1, 0.15) is 0 Å². The van der Waals surface area contributed by atoms with E-state index in [0.717, 1.165) is 66.5 Å². The summed E-state index contributed by atoms with van der Waals surface area (Å²) in [7, 11) is 1.86. The molecular weight excluding hydrogens is 504 g/mol. The van der Waals surface area contributed by atoms with Crippen molar-refractivity contribution in [3.8, 4) is 22.4 Å². The third-order valence-electron chi connectivity index (χ3n) is 8.40. The summed E-state index contributed by atoms with van der Waals surface area (Å²) in [5.74, 6) is 0.368. The topological polar surface area (TPSA) is 112 Å². The molecule has 2 aliphatic carbocycles. The second-order valence-electron chi connectivity index (χ2n) is 11.1. The number of nitrogens with zero attached hydrogens (tertiary/aromatic N) is 2. The molecule has 208 valence electrons. The third kappa shape index (κ3) is 6.17. The van der Waals surface area contributed by atoms with E-state index in [0.29, 0.717) is 18.0 Å². The van der Waals surface area contributed by atoms with Crippen molar-refractivity contribution in [2.24, 2.45) is 5.92 Å². The molecule has 2 aromatic carbocycles. The van der Waals surface area contributed by atoms with Gasteiger partial charge >= 0.3 is 6.09 Å². The highest BCUT2D eigenvalue weighted by atomic mass is 16.4. The van der Waals surface area contributed by atoms with Gasteiger partial charge in [-0.05, 0) is 61.6 Å². The number of benzene rings is 2. The van der Waals surface area contributed by atoms with Crippen LogP contribution in [-0.2, 0) is 15.1 Å². The number of carbonyl (C=O) groups excluding carboxylic acids is 2. The van der Waals surface area contributed by atoms with Crippen molar-refractivity contribution in [1.29, 1.82) is 0 Å². The number of aromatic nitrogens is 1. The first-order valence-corrected chi connectivity index (χ1v) is 13.9. The molecule has 3 aromatic rings. The Morgan fingerprint density at radius 3 is 2.25 bits per heavy atom. The molecule has 0 aliphatic heterocycles. The van der Waals surface area contributed by atoms with Crippen LogP contribution in [0.1, 0.15) is 57.4 Å². The molecule has 0 bridgehead atoms. The zero-order chi connectivity index (χ0) is 28.3. The van der Waals surface area contributed by atoms with Crippen LogP contribution in [0.15, 0.2) is 66.9 Å². The molecule has 1 aromatic heterocycles. The lowest BCUT2D eigenvalue weighted by atomic mass is 9.83. The van der Waals surface area contributed by atoms with E-state index in [9.17, 15) is 19.5 Å². The molecule has 2 aliphatic rings. The van der Waals surface area contributed by atoms with Gasteiger partial charge in [0.2, 0.25) is 11.8 Å². The summed E-state index contributed by atoms with van der Waals surface area (Å²) in [5, 5.41) is 14.9. The predicted octanol–water partition coefficient (Wildman–Crippen LogP) is 6.04. The van der Waals surface area contributed by atoms with Crippen molar-refractivity contribution in [3.63, 3.8) is 0 Å². The summed E-state index contributed by atoms with van der Waals surface area (Å²) < 4.78 is 0. The Kier molecular flexibility index (Phi) is 7.87. The first-order valence-electron chi connectivity index (χ1n) is 13.9. The number of anilines is 1. The fraction of sp³-hybridized carbons (Fsp3) is 0.375. The van der Waals surface area contributed by atoms with E-state index in [1.54, 1.807) is 13.1 Å². The van der Waals surface area contributed by atoms with Crippen molar-refractivity contribution in [1.82, 2.24) is 15.2 Å². The van der Waals surface area contributed by atoms with Crippen LogP contribution in [0.5, 0.6) is 0 Å². The Balaban J connectivity index is 1.31. The van der Waals surface area contributed by atoms with Gasteiger partial charge in [0.05, 0.1) is 23.1 Å². The van der Waals surface area contributed by atoms with E-state index in [2.05, 4.69) is 10.6 Å². The minimum atomic E-state index is -1.01. The maximum atomic E-state index is 13.0. The Morgan fingerprint density at radius 2 is 1.65 bits per heavy atom. The average Bonchev–Trinajstić information content (AvgIpc) is 3.73. The number of pyridine rings is 1. The number of carboxylic acid groups (broad SMARTS) is 1. The Morgan fingerprint density at radius 1 is 0.975 bits per heavy atom. The van der Waals surface area contributed by atoms with Gasteiger partial charge in [-0.2, -0.15) is 0 Å². The highest BCUT2D eigenvalue weighted by Crippen LogP contribution is 2.46. The van der Waals surface area contributed by atoms with Gasteiger partial charge in [-0.25, -0.2) is 4.79 Å². The molecule has 1 heterocycles. The van der Waals surface area contributed by atoms with E-state index in [1.165, 1.54) is 0 Å². The van der Waals surface area contributed by atoms with Crippen LogP contribution < -0.4 is 10.6 Å². The monoisotopic (exact) mass is 540 g/mol. The van der Waals surface area contributed by atoms with Crippen LogP contribution in [-0.4, -0.2) is 46.0 Å². The van der Waals surface area contributed by atoms with Gasteiger partial charge in [0, 0.05) is 37.6 Å². The van der Waals surface area contributed by atoms with Crippen LogP contribution in [0.25, 0.3) is 22.4 Å². The number of nitrogens with one attached hydrogen (secondary N) is 2. The second-order valence-corrected chi connectivity index (χ2v) is 11.1. The maximum Gasteiger partial charge on any atom is 0.405 e. The molecule has 0 radical (unpaired) electrons. The summed E-state index contributed by atoms with van der Waals surface area (Å²) in [4.78, 5) is 42.5. The lowest BCUT2D eigenvalue weighted by Gasteiger charge is -2.34. The lowest BCUT2D eigenvalue weighted by molar-refractivity contribution is -0.130. The van der Waals surface area contributed by atoms with Crippen molar-refractivity contribution in [2.45, 2.75) is 63.5 Å². The smallest absolute Gasteiger partial charge is 0.405 e. The van der Waals surface area contributed by atoms with Crippen molar-refractivity contribution >= 4 is 23.6 Å². The SMILES string of the molecule is CC(=O)N(C)[C@H]1CC[C@H](CC(=O)Nc2cnc(-c3ccc(C4(NC(=O)O)CC4)cc3)c(-c3ccccc3)c2)CC1. The second kappa shape index (κ2) is 11.5. The van der Waals surface area contributed by atoms with Gasteiger partial charge in [0.25, 0.3) is 0 Å². The zero-order valence-electron chi connectivity index (χ0n) is 23.0. The quantitative estimate of drug-likeness (QED) is 0.323. The number of rotatable bonds is 8. The molecule has 0 unspecified atom stereocenters. The third-order valence-corrected chi connectivity index (χ3v) is 8.40. The molecule has 5 rings (SSSR count). The van der Waals surface area contributed by atoms with E-state index in [1.807, 2.05) is 72.6 Å². The Hall–Kier alpha value is -4.20. The minimum absolute atomic E-state index is 0.0260. The number of hydrogen-bond acceptors (Lipinski definition) is 4. The summed E-state index contributed by atoms with van der Waals surface area (Å²) >= 11 is 0. The molecule has 2 saturated carbocycles. The van der Waals surface area contributed by atoms with Crippen molar-refractivity contribution in [2.75, 3.05) is 12.4 Å². The number of hydrogen-bond donors (Lipinski definition) is 3. The molecule has 0 spiro atoms. The van der Waals surface area contributed by atoms with E-state index in [-0.39, 0.29) is 17.9 Å². The van der Waals surface area contributed by atoms with Crippen LogP contribution in [0.2, 0.25) is 0 Å². The van der Waals surface area contributed by atoms with E-state index >= 15 is 0 Å². The standard InChI is InChI=1S/C32H36N4O4/c1-21(37)36(2)27-14-8-22(9-15-27)18-29(38)34-26-19-28(23-6-4-3-5-7-23)30(33-20-26)24-10-12-25(13-11-24)32(16-17-32)35-31(39)40/h3-7,10-13,19-20,22,27,35H,8-9,14-18H2,1-2H3,(H,34,38)(H,39,40)/t22-,27-. The van der Waals surface area contributed by atoms with Gasteiger partial charge in [-0.3, -0.25) is 14.6 Å². The van der Waals surface area contributed by atoms with Gasteiger partial charge < -0.3 is 20.6 Å². The molecule has 3 N–H and O–H groups in total. The Labute approximate surface area is 234 Å². The molecule has 0 atom stereocenters. The highest BCUT2D eigenvalue weighted by Gasteiger charge is 2.45. The minimum Gasteiger partial charge on any atom is -0.465 e. The van der Waals surface area contributed by atoms with Crippen molar-refractivity contribution < 1.29 is 19.5 Å². The number of amides is 3. The largest absolute Gasteiger partial charge is 0.465 e.